The van der Waals surface area contributed by atoms with Gasteiger partial charge in [0.25, 0.3) is 0 Å². The van der Waals surface area contributed by atoms with E-state index in [4.69, 9.17) is 19.0 Å². The lowest BCUT2D eigenvalue weighted by molar-refractivity contribution is -0.138. The maximum Gasteiger partial charge on any atom is 0.500 e. The number of likely N-dealkylation sites (tertiary alicyclic amines) is 1. The number of hydrogen-bond acceptors (Lipinski definition) is 6. The van der Waals surface area contributed by atoms with Crippen LogP contribution in [0.15, 0.2) is 0 Å². The number of hydrogen-bond donors (Lipinski definition) is 1. The highest BCUT2D eigenvalue weighted by Gasteiger charge is 2.38. The summed E-state index contributed by atoms with van der Waals surface area (Å²) in [6.45, 7) is 1.54. The van der Waals surface area contributed by atoms with Crippen LogP contribution in [0.1, 0.15) is 32.1 Å². The highest BCUT2D eigenvalue weighted by molar-refractivity contribution is 6.60. The summed E-state index contributed by atoms with van der Waals surface area (Å²) < 4.78 is 16.6. The van der Waals surface area contributed by atoms with Gasteiger partial charge >= 0.3 is 8.80 Å². The molecule has 2 N–H and O–H groups in total. The van der Waals surface area contributed by atoms with E-state index >= 15 is 0 Å². The first-order valence-corrected chi connectivity index (χ1v) is 9.29. The van der Waals surface area contributed by atoms with Gasteiger partial charge in [-0.05, 0) is 25.8 Å². The second-order valence-corrected chi connectivity index (χ2v) is 7.95. The molecule has 0 spiro atoms. The largest absolute Gasteiger partial charge is 0.500 e. The van der Waals surface area contributed by atoms with Crippen molar-refractivity contribution in [2.75, 3.05) is 33.9 Å². The van der Waals surface area contributed by atoms with Crippen LogP contribution in [0.3, 0.4) is 0 Å². The molecule has 1 heterocycles. The van der Waals surface area contributed by atoms with Gasteiger partial charge in [0.05, 0.1) is 0 Å². The minimum atomic E-state index is -2.60. The van der Waals surface area contributed by atoms with E-state index in [2.05, 4.69) is 0 Å². The van der Waals surface area contributed by atoms with Crippen molar-refractivity contribution < 1.29 is 22.9 Å². The van der Waals surface area contributed by atoms with Gasteiger partial charge in [-0.15, -0.1) is 0 Å². The smallest absolute Gasteiger partial charge is 0.377 e. The summed E-state index contributed by atoms with van der Waals surface area (Å²) in [6, 6.07) is 0.694. The van der Waals surface area contributed by atoms with E-state index in [1.807, 2.05) is 0 Å². The lowest BCUT2D eigenvalue weighted by Gasteiger charge is -2.26. The van der Waals surface area contributed by atoms with Crippen LogP contribution in [0, 0.1) is 0 Å². The zero-order valence-electron chi connectivity index (χ0n) is 12.9. The lowest BCUT2D eigenvalue weighted by Crippen LogP contribution is -2.44. The van der Waals surface area contributed by atoms with Gasteiger partial charge in [0.15, 0.2) is 0 Å². The van der Waals surface area contributed by atoms with E-state index < -0.39 is 8.80 Å². The summed E-state index contributed by atoms with van der Waals surface area (Å²) >= 11 is 0. The fourth-order valence-corrected chi connectivity index (χ4v) is 4.32. The van der Waals surface area contributed by atoms with Gasteiger partial charge in [0, 0.05) is 46.3 Å². The minimum Gasteiger partial charge on any atom is -0.377 e. The third-order valence-electron chi connectivity index (χ3n) is 3.56. The highest BCUT2D eigenvalue weighted by Crippen LogP contribution is 2.17. The van der Waals surface area contributed by atoms with Crippen LogP contribution >= 0.6 is 0 Å². The topological polar surface area (TPSA) is 91.1 Å². The third-order valence-corrected chi connectivity index (χ3v) is 6.42. The zero-order valence-corrected chi connectivity index (χ0v) is 13.9. The second-order valence-electron chi connectivity index (χ2n) is 4.98. The van der Waals surface area contributed by atoms with Crippen LogP contribution < -0.4 is 5.73 Å². The van der Waals surface area contributed by atoms with Crippen LogP contribution in [0.5, 0.6) is 0 Å². The van der Waals surface area contributed by atoms with E-state index in [1.165, 1.54) is 4.90 Å². The van der Waals surface area contributed by atoms with Crippen LogP contribution in [0.2, 0.25) is 6.04 Å². The molecular formula is C13H26N2O5Si. The van der Waals surface area contributed by atoms with Gasteiger partial charge in [0.2, 0.25) is 11.8 Å². The van der Waals surface area contributed by atoms with Gasteiger partial charge < -0.3 is 19.0 Å². The van der Waals surface area contributed by atoms with Crippen LogP contribution in [-0.4, -0.2) is 59.4 Å². The lowest BCUT2D eigenvalue weighted by atomic mass is 10.3. The molecule has 0 unspecified atom stereocenters. The van der Waals surface area contributed by atoms with Gasteiger partial charge in [0.1, 0.15) is 0 Å². The molecule has 1 saturated heterocycles. The number of carbonyl (C=O) groups excluding carboxylic acids is 2. The molecule has 2 amide bonds. The van der Waals surface area contributed by atoms with Crippen LogP contribution in [0.25, 0.3) is 0 Å². The van der Waals surface area contributed by atoms with Crippen molar-refractivity contribution in [2.45, 2.75) is 38.1 Å². The maximum atomic E-state index is 11.4. The fraction of sp³-hybridized carbons (Fsp3) is 0.846. The number of carbonyl (C=O) groups is 2. The van der Waals surface area contributed by atoms with Crippen molar-refractivity contribution in [3.8, 4) is 0 Å². The van der Waals surface area contributed by atoms with Crippen LogP contribution in [0.4, 0.5) is 0 Å². The van der Waals surface area contributed by atoms with Gasteiger partial charge in [-0.1, -0.05) is 0 Å². The molecular weight excluding hydrogens is 292 g/mol. The summed E-state index contributed by atoms with van der Waals surface area (Å²) in [6.07, 6.45) is 2.97. The Morgan fingerprint density at radius 2 is 1.71 bits per heavy atom. The summed E-state index contributed by atoms with van der Waals surface area (Å²) in [5.41, 5.74) is 5.50. The third kappa shape index (κ3) is 5.48. The van der Waals surface area contributed by atoms with Crippen molar-refractivity contribution in [1.82, 2.24) is 4.90 Å². The minimum absolute atomic E-state index is 0.0682. The molecule has 0 bridgehead atoms. The van der Waals surface area contributed by atoms with Crippen molar-refractivity contribution in [1.29, 1.82) is 0 Å². The Morgan fingerprint density at radius 1 is 1.10 bits per heavy atom. The Balaban J connectivity index is 2.25. The molecule has 0 aromatic rings. The molecule has 7 nitrogen and oxygen atoms in total. The predicted octanol–water partition coefficient (Wildman–Crippen LogP) is 0.513. The molecule has 0 aromatic carbocycles. The second kappa shape index (κ2) is 9.26. The average Bonchev–Trinajstić information content (AvgIpc) is 2.82. The molecule has 122 valence electrons. The summed E-state index contributed by atoms with van der Waals surface area (Å²) in [7, 11) is 0.582. The molecule has 0 radical (unpaired) electrons. The zero-order chi connectivity index (χ0) is 15.7. The first-order valence-electron chi connectivity index (χ1n) is 7.36. The number of imide groups is 1. The summed E-state index contributed by atoms with van der Waals surface area (Å²) in [4.78, 5) is 24.2. The number of nitrogens with zero attached hydrogens (tertiary/aromatic N) is 1. The van der Waals surface area contributed by atoms with Crippen molar-refractivity contribution >= 4 is 20.6 Å². The molecule has 0 aromatic heterocycles. The molecule has 0 saturated carbocycles. The number of amides is 2. The Hall–Kier alpha value is -0.803. The number of unbranched alkanes of at least 4 members (excludes halogenated alkanes) is 1. The van der Waals surface area contributed by atoms with Crippen molar-refractivity contribution in [2.24, 2.45) is 5.73 Å². The van der Waals surface area contributed by atoms with E-state index in [1.54, 1.807) is 14.2 Å². The fourth-order valence-electron chi connectivity index (χ4n) is 2.27. The average molecular weight is 318 g/mol. The first kappa shape index (κ1) is 18.2. The standard InChI is InChI=1S/C13H26N2O5Si/c1-18-21(19-2,11-5-8-14)20-10-4-3-9-15-12(16)6-7-13(15)17/h3-11,14H2,1-2H3. The molecule has 21 heavy (non-hydrogen) atoms. The summed E-state index contributed by atoms with van der Waals surface area (Å²) in [5, 5.41) is 0. The molecule has 1 aliphatic heterocycles. The SMILES string of the molecule is CO[Si](CCCN)(OC)OCCCCN1C(=O)CCC1=O. The Morgan fingerprint density at radius 3 is 2.24 bits per heavy atom. The number of nitrogens with two attached hydrogens (primary N) is 1. The molecule has 1 rings (SSSR count). The normalized spacial score (nSPS) is 16.0. The molecule has 1 aliphatic rings. The van der Waals surface area contributed by atoms with E-state index in [0.717, 1.165) is 19.3 Å². The van der Waals surface area contributed by atoms with Crippen molar-refractivity contribution in [3.63, 3.8) is 0 Å². The summed E-state index contributed by atoms with van der Waals surface area (Å²) in [5.74, 6) is -0.136. The molecule has 0 aliphatic carbocycles. The van der Waals surface area contributed by atoms with Crippen molar-refractivity contribution in [3.05, 3.63) is 0 Å². The van der Waals surface area contributed by atoms with Gasteiger partial charge in [-0.25, -0.2) is 0 Å². The Bertz CT molecular complexity index is 333. The Kier molecular flexibility index (Phi) is 8.05. The first-order chi connectivity index (χ1) is 10.1. The monoisotopic (exact) mass is 318 g/mol. The van der Waals surface area contributed by atoms with Crippen LogP contribution in [-0.2, 0) is 22.9 Å². The molecule has 0 atom stereocenters. The molecule has 8 heteroatoms. The Labute approximate surface area is 127 Å². The predicted molar refractivity (Wildman–Crippen MR) is 79.4 cm³/mol. The quantitative estimate of drug-likeness (QED) is 0.339. The van der Waals surface area contributed by atoms with E-state index in [0.29, 0.717) is 38.6 Å². The van der Waals surface area contributed by atoms with E-state index in [-0.39, 0.29) is 11.8 Å². The van der Waals surface area contributed by atoms with Gasteiger partial charge in [-0.2, -0.15) is 0 Å². The number of rotatable bonds is 11. The maximum absolute atomic E-state index is 11.4. The van der Waals surface area contributed by atoms with Gasteiger partial charge in [-0.3, -0.25) is 14.5 Å². The highest BCUT2D eigenvalue weighted by atomic mass is 28.4. The van der Waals surface area contributed by atoms with E-state index in [9.17, 15) is 9.59 Å². The molecule has 1 fully saturated rings.